The molecule has 2 heterocycles. The van der Waals surface area contributed by atoms with Gasteiger partial charge in [0.15, 0.2) is 0 Å². The molecule has 0 unspecified atom stereocenters. The van der Waals surface area contributed by atoms with Gasteiger partial charge < -0.3 is 10.1 Å². The first-order valence-corrected chi connectivity index (χ1v) is 9.11. The van der Waals surface area contributed by atoms with Crippen molar-refractivity contribution in [1.29, 1.82) is 0 Å². The Kier molecular flexibility index (Phi) is 6.41. The van der Waals surface area contributed by atoms with Crippen molar-refractivity contribution in [3.05, 3.63) is 52.9 Å². The van der Waals surface area contributed by atoms with Gasteiger partial charge >= 0.3 is 0 Å². The van der Waals surface area contributed by atoms with E-state index in [1.165, 1.54) is 0 Å². The Bertz CT molecular complexity index is 978. The summed E-state index contributed by atoms with van der Waals surface area (Å²) in [5.41, 5.74) is 2.22. The molecule has 3 rings (SSSR count). The first kappa shape index (κ1) is 20.0. The number of fused-ring (bicyclic) bond motifs is 1. The molecule has 9 heteroatoms. The van der Waals surface area contributed by atoms with Crippen LogP contribution in [-0.2, 0) is 17.8 Å². The van der Waals surface area contributed by atoms with Gasteiger partial charge in [0, 0.05) is 24.3 Å². The molecule has 0 aliphatic rings. The van der Waals surface area contributed by atoms with Crippen LogP contribution in [0.1, 0.15) is 18.2 Å². The SMILES string of the molecule is CCNC(=O)Cc1nccc2nn(Cc3ccc(OCC(F)F)c(Cl)c3)cc12. The number of carbonyl (C=O) groups is 1. The maximum absolute atomic E-state index is 12.3. The highest BCUT2D eigenvalue weighted by atomic mass is 35.5. The molecule has 148 valence electrons. The predicted molar refractivity (Wildman–Crippen MR) is 102 cm³/mol. The molecule has 0 spiro atoms. The number of aromatic nitrogens is 3. The number of amides is 1. The van der Waals surface area contributed by atoms with Crippen molar-refractivity contribution in [1.82, 2.24) is 20.1 Å². The van der Waals surface area contributed by atoms with E-state index in [-0.39, 0.29) is 23.1 Å². The third-order valence-corrected chi connectivity index (χ3v) is 4.27. The summed E-state index contributed by atoms with van der Waals surface area (Å²) >= 11 is 6.12. The van der Waals surface area contributed by atoms with Crippen LogP contribution in [-0.4, -0.2) is 40.2 Å². The molecule has 0 atom stereocenters. The molecule has 1 amide bonds. The van der Waals surface area contributed by atoms with E-state index in [0.717, 1.165) is 16.5 Å². The number of likely N-dealkylation sites (N-methyl/N-ethyl adjacent to an activating group) is 1. The highest BCUT2D eigenvalue weighted by Crippen LogP contribution is 2.26. The standard InChI is InChI=1S/C19H19ClF2N4O2/c1-2-23-19(27)8-16-13-10-26(25-15(13)5-6-24-16)9-12-3-4-17(14(20)7-12)28-11-18(21)22/h3-7,10,18H,2,8-9,11H2,1H3,(H,23,27). The number of hydrogen-bond donors (Lipinski definition) is 1. The number of rotatable bonds is 8. The van der Waals surface area contributed by atoms with Crippen LogP contribution >= 0.6 is 11.6 Å². The molecule has 2 aromatic heterocycles. The Morgan fingerprint density at radius 1 is 1.36 bits per heavy atom. The minimum Gasteiger partial charge on any atom is -0.486 e. The number of halogens is 3. The molecule has 0 saturated carbocycles. The van der Waals surface area contributed by atoms with Crippen molar-refractivity contribution in [2.75, 3.05) is 13.2 Å². The molecule has 6 nitrogen and oxygen atoms in total. The summed E-state index contributed by atoms with van der Waals surface area (Å²) in [4.78, 5) is 16.2. The fraction of sp³-hybridized carbons (Fsp3) is 0.316. The minimum atomic E-state index is -2.56. The van der Waals surface area contributed by atoms with E-state index in [9.17, 15) is 13.6 Å². The summed E-state index contributed by atoms with van der Waals surface area (Å²) in [7, 11) is 0. The number of pyridine rings is 1. The lowest BCUT2D eigenvalue weighted by molar-refractivity contribution is -0.120. The van der Waals surface area contributed by atoms with Crippen molar-refractivity contribution in [3.63, 3.8) is 0 Å². The van der Waals surface area contributed by atoms with Crippen LogP contribution in [0, 0.1) is 0 Å². The summed E-state index contributed by atoms with van der Waals surface area (Å²) in [5.74, 6) is 0.117. The number of nitrogens with one attached hydrogen (secondary N) is 1. The zero-order chi connectivity index (χ0) is 20.1. The molecule has 1 N–H and O–H groups in total. The highest BCUT2D eigenvalue weighted by molar-refractivity contribution is 6.32. The van der Waals surface area contributed by atoms with Crippen molar-refractivity contribution in [3.8, 4) is 5.75 Å². The third kappa shape index (κ3) is 4.95. The van der Waals surface area contributed by atoms with Gasteiger partial charge in [-0.25, -0.2) is 8.78 Å². The number of alkyl halides is 2. The van der Waals surface area contributed by atoms with Crippen molar-refractivity contribution < 1.29 is 18.3 Å². The van der Waals surface area contributed by atoms with Gasteiger partial charge in [0.1, 0.15) is 12.4 Å². The number of hydrogen-bond acceptors (Lipinski definition) is 4. The van der Waals surface area contributed by atoms with E-state index >= 15 is 0 Å². The van der Waals surface area contributed by atoms with Crippen LogP contribution in [0.5, 0.6) is 5.75 Å². The summed E-state index contributed by atoms with van der Waals surface area (Å²) in [6, 6.07) is 6.74. The maximum atomic E-state index is 12.3. The fourth-order valence-electron chi connectivity index (χ4n) is 2.78. The second-order valence-electron chi connectivity index (χ2n) is 6.11. The lowest BCUT2D eigenvalue weighted by Gasteiger charge is -2.09. The van der Waals surface area contributed by atoms with Crippen LogP contribution in [0.3, 0.4) is 0 Å². The molecule has 1 aromatic carbocycles. The zero-order valence-corrected chi connectivity index (χ0v) is 15.9. The molecule has 0 fully saturated rings. The molecular formula is C19H19ClF2N4O2. The van der Waals surface area contributed by atoms with Crippen LogP contribution in [0.4, 0.5) is 8.78 Å². The van der Waals surface area contributed by atoms with Crippen molar-refractivity contribution >= 4 is 28.4 Å². The van der Waals surface area contributed by atoms with E-state index in [2.05, 4.69) is 15.4 Å². The fourth-order valence-corrected chi connectivity index (χ4v) is 3.04. The van der Waals surface area contributed by atoms with Gasteiger partial charge in [-0.05, 0) is 30.7 Å². The number of nitrogens with zero attached hydrogens (tertiary/aromatic N) is 3. The average Bonchev–Trinajstić information content (AvgIpc) is 3.04. The second kappa shape index (κ2) is 8.97. The number of ether oxygens (including phenoxy) is 1. The third-order valence-electron chi connectivity index (χ3n) is 3.97. The lowest BCUT2D eigenvalue weighted by Crippen LogP contribution is -2.24. The maximum Gasteiger partial charge on any atom is 0.272 e. The van der Waals surface area contributed by atoms with Gasteiger partial charge in [-0.2, -0.15) is 5.10 Å². The lowest BCUT2D eigenvalue weighted by atomic mass is 10.2. The van der Waals surface area contributed by atoms with Gasteiger partial charge in [0.25, 0.3) is 6.43 Å². The Morgan fingerprint density at radius 3 is 2.89 bits per heavy atom. The van der Waals surface area contributed by atoms with E-state index in [1.54, 1.807) is 35.1 Å². The topological polar surface area (TPSA) is 69.0 Å². The molecule has 0 radical (unpaired) electrons. The molecular weight excluding hydrogens is 390 g/mol. The van der Waals surface area contributed by atoms with Crippen LogP contribution in [0.15, 0.2) is 36.7 Å². The number of benzene rings is 1. The van der Waals surface area contributed by atoms with Crippen LogP contribution in [0.2, 0.25) is 5.02 Å². The number of carbonyl (C=O) groups excluding carboxylic acids is 1. The summed E-state index contributed by atoms with van der Waals surface area (Å²) < 4.78 is 31.2. The molecule has 0 saturated heterocycles. The van der Waals surface area contributed by atoms with E-state index in [4.69, 9.17) is 16.3 Å². The van der Waals surface area contributed by atoms with Gasteiger partial charge in [0.05, 0.1) is 29.2 Å². The van der Waals surface area contributed by atoms with Gasteiger partial charge in [-0.3, -0.25) is 14.5 Å². The molecule has 3 aromatic rings. The molecule has 0 bridgehead atoms. The second-order valence-corrected chi connectivity index (χ2v) is 6.52. The van der Waals surface area contributed by atoms with Gasteiger partial charge in [0.2, 0.25) is 5.91 Å². The van der Waals surface area contributed by atoms with E-state index in [0.29, 0.717) is 18.8 Å². The van der Waals surface area contributed by atoms with Gasteiger partial charge in [-0.1, -0.05) is 17.7 Å². The Morgan fingerprint density at radius 2 is 2.18 bits per heavy atom. The summed E-state index contributed by atoms with van der Waals surface area (Å²) in [5, 5.41) is 8.32. The smallest absolute Gasteiger partial charge is 0.272 e. The van der Waals surface area contributed by atoms with Crippen LogP contribution in [0.25, 0.3) is 10.9 Å². The molecule has 28 heavy (non-hydrogen) atoms. The molecule has 0 aliphatic heterocycles. The first-order chi connectivity index (χ1) is 13.5. The Labute approximate surface area is 165 Å². The summed E-state index contributed by atoms with van der Waals surface area (Å²) in [6.45, 7) is 2.14. The van der Waals surface area contributed by atoms with E-state index in [1.807, 2.05) is 13.1 Å². The largest absolute Gasteiger partial charge is 0.486 e. The Balaban J connectivity index is 1.77. The zero-order valence-electron chi connectivity index (χ0n) is 15.2. The van der Waals surface area contributed by atoms with Gasteiger partial charge in [-0.15, -0.1) is 0 Å². The quantitative estimate of drug-likeness (QED) is 0.619. The summed E-state index contributed by atoms with van der Waals surface area (Å²) in [6.07, 6.45) is 1.07. The highest BCUT2D eigenvalue weighted by Gasteiger charge is 2.12. The normalized spacial score (nSPS) is 11.2. The first-order valence-electron chi connectivity index (χ1n) is 8.73. The monoisotopic (exact) mass is 408 g/mol. The van der Waals surface area contributed by atoms with Crippen molar-refractivity contribution in [2.45, 2.75) is 26.3 Å². The minimum absolute atomic E-state index is 0.0959. The molecule has 0 aliphatic carbocycles. The Hall–Kier alpha value is -2.74. The average molecular weight is 409 g/mol. The van der Waals surface area contributed by atoms with Crippen LogP contribution < -0.4 is 10.1 Å². The van der Waals surface area contributed by atoms with E-state index < -0.39 is 13.0 Å². The predicted octanol–water partition coefficient (Wildman–Crippen LogP) is 3.46. The van der Waals surface area contributed by atoms with Crippen molar-refractivity contribution in [2.24, 2.45) is 0 Å².